The van der Waals surface area contributed by atoms with E-state index in [2.05, 4.69) is 25.9 Å². The van der Waals surface area contributed by atoms with Crippen LogP contribution < -0.4 is 0 Å². The van der Waals surface area contributed by atoms with Gasteiger partial charge in [0.1, 0.15) is 0 Å². The van der Waals surface area contributed by atoms with Crippen LogP contribution in [-0.2, 0) is 4.79 Å². The quantitative estimate of drug-likeness (QED) is 0.885. The summed E-state index contributed by atoms with van der Waals surface area (Å²) in [7, 11) is 0. The van der Waals surface area contributed by atoms with Crippen molar-refractivity contribution in [1.82, 2.24) is 9.97 Å². The Balaban J connectivity index is 2.35. The van der Waals surface area contributed by atoms with E-state index >= 15 is 0 Å². The second-order valence-corrected chi connectivity index (χ2v) is 4.40. The third-order valence-corrected chi connectivity index (χ3v) is 2.66. The van der Waals surface area contributed by atoms with Crippen LogP contribution in [0.2, 0.25) is 0 Å². The molecule has 0 aliphatic carbocycles. The second kappa shape index (κ2) is 5.55. The number of hydrogen-bond acceptors (Lipinski definition) is 3. The first-order valence-electron chi connectivity index (χ1n) is 5.15. The molecule has 0 atom stereocenters. The van der Waals surface area contributed by atoms with Crippen molar-refractivity contribution < 1.29 is 9.90 Å². The fourth-order valence-electron chi connectivity index (χ4n) is 1.41. The van der Waals surface area contributed by atoms with E-state index in [0.29, 0.717) is 5.82 Å². The number of carbonyl (C=O) groups is 1. The summed E-state index contributed by atoms with van der Waals surface area (Å²) in [5, 5.41) is 8.55. The summed E-state index contributed by atoms with van der Waals surface area (Å²) in [6.45, 7) is 0. The summed E-state index contributed by atoms with van der Waals surface area (Å²) in [5.41, 5.74) is 1.69. The first kappa shape index (κ1) is 12.4. The first-order chi connectivity index (χ1) is 8.65. The highest BCUT2D eigenvalue weighted by molar-refractivity contribution is 9.10. The fraction of sp³-hybridized carbons (Fsp3) is 0. The molecular formula is C13H9BrN2O2. The number of hydrogen-bond donors (Lipinski definition) is 1. The molecule has 18 heavy (non-hydrogen) atoms. The van der Waals surface area contributed by atoms with Crippen molar-refractivity contribution in [3.63, 3.8) is 0 Å². The van der Waals surface area contributed by atoms with Gasteiger partial charge in [-0.15, -0.1) is 0 Å². The predicted molar refractivity (Wildman–Crippen MR) is 71.8 cm³/mol. The minimum atomic E-state index is -1.02. The minimum absolute atomic E-state index is 0.370. The lowest BCUT2D eigenvalue weighted by Gasteiger charge is -2.01. The molecule has 0 fully saturated rings. The maximum atomic E-state index is 10.4. The average molecular weight is 305 g/mol. The smallest absolute Gasteiger partial charge is 0.328 e. The van der Waals surface area contributed by atoms with E-state index in [-0.39, 0.29) is 0 Å². The van der Waals surface area contributed by atoms with Crippen LogP contribution in [0.1, 0.15) is 5.82 Å². The Bertz CT molecular complexity index is 611. The van der Waals surface area contributed by atoms with E-state index in [9.17, 15) is 4.79 Å². The number of carboxylic acid groups (broad SMARTS) is 1. The van der Waals surface area contributed by atoms with Crippen molar-refractivity contribution in [3.8, 4) is 11.3 Å². The molecule has 0 aliphatic heterocycles. The van der Waals surface area contributed by atoms with Gasteiger partial charge in [-0.3, -0.25) is 0 Å². The molecule has 0 amide bonds. The van der Waals surface area contributed by atoms with Gasteiger partial charge >= 0.3 is 5.97 Å². The number of rotatable bonds is 3. The van der Waals surface area contributed by atoms with Crippen LogP contribution in [0.25, 0.3) is 17.3 Å². The summed E-state index contributed by atoms with van der Waals surface area (Å²) >= 11 is 3.39. The van der Waals surface area contributed by atoms with Gasteiger partial charge in [0.25, 0.3) is 0 Å². The molecule has 0 aliphatic rings. The zero-order chi connectivity index (χ0) is 13.0. The van der Waals surface area contributed by atoms with E-state index in [1.807, 2.05) is 24.3 Å². The lowest BCUT2D eigenvalue weighted by molar-refractivity contribution is -0.131. The molecule has 0 spiro atoms. The van der Waals surface area contributed by atoms with Gasteiger partial charge in [-0.05, 0) is 24.3 Å². The van der Waals surface area contributed by atoms with Crippen molar-refractivity contribution >= 4 is 28.0 Å². The third-order valence-electron chi connectivity index (χ3n) is 2.17. The van der Waals surface area contributed by atoms with Gasteiger partial charge < -0.3 is 5.11 Å². The standard InChI is InChI=1S/C13H9BrN2O2/c14-10-3-1-2-9(8-10)11-6-7-15-12(16-11)4-5-13(17)18/h1-8H,(H,17,18)/b5-4+. The highest BCUT2D eigenvalue weighted by Gasteiger charge is 2.01. The number of aromatic nitrogens is 2. The third kappa shape index (κ3) is 3.24. The Morgan fingerprint density at radius 2 is 2.17 bits per heavy atom. The molecule has 1 aromatic heterocycles. The second-order valence-electron chi connectivity index (χ2n) is 3.48. The molecule has 0 unspecified atom stereocenters. The Morgan fingerprint density at radius 3 is 2.89 bits per heavy atom. The molecule has 1 heterocycles. The maximum Gasteiger partial charge on any atom is 0.328 e. The van der Waals surface area contributed by atoms with Crippen LogP contribution in [0.5, 0.6) is 0 Å². The Hall–Kier alpha value is -2.01. The van der Waals surface area contributed by atoms with Gasteiger partial charge in [0.2, 0.25) is 0 Å². The van der Waals surface area contributed by atoms with Crippen molar-refractivity contribution in [2.75, 3.05) is 0 Å². The van der Waals surface area contributed by atoms with Gasteiger partial charge in [-0.1, -0.05) is 28.1 Å². The van der Waals surface area contributed by atoms with E-state index in [4.69, 9.17) is 5.11 Å². The van der Waals surface area contributed by atoms with Crippen molar-refractivity contribution in [2.45, 2.75) is 0 Å². The molecule has 4 nitrogen and oxygen atoms in total. The molecule has 0 radical (unpaired) electrons. The van der Waals surface area contributed by atoms with Gasteiger partial charge in [-0.25, -0.2) is 14.8 Å². The molecule has 1 aromatic carbocycles. The fourth-order valence-corrected chi connectivity index (χ4v) is 1.81. The van der Waals surface area contributed by atoms with E-state index < -0.39 is 5.97 Å². The number of aliphatic carboxylic acids is 1. The number of nitrogens with zero attached hydrogens (tertiary/aromatic N) is 2. The monoisotopic (exact) mass is 304 g/mol. The Labute approximate surface area is 112 Å². The SMILES string of the molecule is O=C(O)/C=C/c1nccc(-c2cccc(Br)c2)n1. The van der Waals surface area contributed by atoms with Crippen LogP contribution in [0.3, 0.4) is 0 Å². The summed E-state index contributed by atoms with van der Waals surface area (Å²) in [5.74, 6) is -0.652. The molecule has 2 aromatic rings. The molecule has 90 valence electrons. The first-order valence-corrected chi connectivity index (χ1v) is 5.94. The zero-order valence-corrected chi connectivity index (χ0v) is 10.8. The highest BCUT2D eigenvalue weighted by Crippen LogP contribution is 2.20. The number of halogens is 1. The highest BCUT2D eigenvalue weighted by atomic mass is 79.9. The van der Waals surface area contributed by atoms with Crippen LogP contribution in [0.15, 0.2) is 47.1 Å². The van der Waals surface area contributed by atoms with Gasteiger partial charge in [0, 0.05) is 22.3 Å². The van der Waals surface area contributed by atoms with Crippen molar-refractivity contribution in [3.05, 3.63) is 52.9 Å². The van der Waals surface area contributed by atoms with Crippen LogP contribution in [0.4, 0.5) is 0 Å². The molecule has 5 heteroatoms. The zero-order valence-electron chi connectivity index (χ0n) is 9.25. The molecular weight excluding hydrogens is 296 g/mol. The van der Waals surface area contributed by atoms with Crippen molar-refractivity contribution in [1.29, 1.82) is 0 Å². The topological polar surface area (TPSA) is 63.1 Å². The summed E-state index contributed by atoms with van der Waals surface area (Å²) < 4.78 is 0.959. The average Bonchev–Trinajstić information content (AvgIpc) is 2.37. The van der Waals surface area contributed by atoms with Crippen LogP contribution in [-0.4, -0.2) is 21.0 Å². The summed E-state index contributed by atoms with van der Waals surface area (Å²) in [4.78, 5) is 18.7. The van der Waals surface area contributed by atoms with E-state index in [1.165, 1.54) is 6.08 Å². The van der Waals surface area contributed by atoms with Gasteiger partial charge in [0.15, 0.2) is 5.82 Å². The number of benzene rings is 1. The predicted octanol–water partition coefficient (Wildman–Crippen LogP) is 3.00. The lowest BCUT2D eigenvalue weighted by atomic mass is 10.1. The molecule has 0 bridgehead atoms. The summed E-state index contributed by atoms with van der Waals surface area (Å²) in [6, 6.07) is 9.48. The van der Waals surface area contributed by atoms with Crippen molar-refractivity contribution in [2.24, 2.45) is 0 Å². The van der Waals surface area contributed by atoms with Gasteiger partial charge in [0.05, 0.1) is 5.69 Å². The lowest BCUT2D eigenvalue weighted by Crippen LogP contribution is -1.92. The minimum Gasteiger partial charge on any atom is -0.478 e. The Morgan fingerprint density at radius 1 is 1.33 bits per heavy atom. The molecule has 1 N–H and O–H groups in total. The largest absolute Gasteiger partial charge is 0.478 e. The maximum absolute atomic E-state index is 10.4. The van der Waals surface area contributed by atoms with E-state index in [0.717, 1.165) is 21.8 Å². The molecule has 0 saturated heterocycles. The summed E-state index contributed by atoms with van der Waals surface area (Å²) in [6.07, 6.45) is 3.98. The van der Waals surface area contributed by atoms with E-state index in [1.54, 1.807) is 12.3 Å². The van der Waals surface area contributed by atoms with Crippen LogP contribution in [0, 0.1) is 0 Å². The Kier molecular flexibility index (Phi) is 3.84. The van der Waals surface area contributed by atoms with Gasteiger partial charge in [-0.2, -0.15) is 0 Å². The number of carboxylic acids is 1. The van der Waals surface area contributed by atoms with Crippen LogP contribution >= 0.6 is 15.9 Å². The molecule has 2 rings (SSSR count). The molecule has 0 saturated carbocycles. The normalized spacial score (nSPS) is 10.7.